The van der Waals surface area contributed by atoms with Crippen molar-refractivity contribution in [3.8, 4) is 0 Å². The summed E-state index contributed by atoms with van der Waals surface area (Å²) in [4.78, 5) is 25.5. The van der Waals surface area contributed by atoms with Crippen molar-refractivity contribution in [1.82, 2.24) is 0 Å². The highest BCUT2D eigenvalue weighted by atomic mass is 28.4. The first-order valence-electron chi connectivity index (χ1n) is 17.4. The third kappa shape index (κ3) is 9.17. The third-order valence-corrected chi connectivity index (χ3v) is 15.5. The molecule has 2 aliphatic carbocycles. The van der Waals surface area contributed by atoms with Crippen LogP contribution in [-0.2, 0) is 9.53 Å². The van der Waals surface area contributed by atoms with Gasteiger partial charge < -0.3 is 9.53 Å². The Bertz CT molecular complexity index is 1070. The maximum Gasteiger partial charge on any atom is 0.333 e. The van der Waals surface area contributed by atoms with E-state index in [4.69, 9.17) is 4.74 Å². The van der Waals surface area contributed by atoms with Gasteiger partial charge in [0.2, 0.25) is 0 Å². The summed E-state index contributed by atoms with van der Waals surface area (Å²) in [6.45, 7) is 10.7. The van der Waals surface area contributed by atoms with E-state index in [1.54, 1.807) is 0 Å². The van der Waals surface area contributed by atoms with Gasteiger partial charge in [-0.2, -0.15) is 0 Å². The molecule has 1 N–H and O–H groups in total. The van der Waals surface area contributed by atoms with Gasteiger partial charge in [0.15, 0.2) is 0 Å². The molecule has 2 fully saturated rings. The van der Waals surface area contributed by atoms with Gasteiger partial charge in [0.1, 0.15) is 6.10 Å². The predicted molar refractivity (Wildman–Crippen MR) is 183 cm³/mol. The second kappa shape index (κ2) is 16.2. The van der Waals surface area contributed by atoms with Gasteiger partial charge in [0.25, 0.3) is 8.32 Å². The van der Waals surface area contributed by atoms with Gasteiger partial charge in [-0.15, -0.1) is 0 Å². The van der Waals surface area contributed by atoms with E-state index in [1.807, 2.05) is 60.7 Å². The van der Waals surface area contributed by atoms with Gasteiger partial charge in [-0.3, -0.25) is 0 Å². The average molecular weight is 603 g/mol. The Labute approximate surface area is 263 Å². The lowest BCUT2D eigenvalue weighted by Gasteiger charge is -2.41. The first-order valence-corrected chi connectivity index (χ1v) is 19.4. The monoisotopic (exact) mass is 602 g/mol. The minimum absolute atomic E-state index is 0.0204. The summed E-state index contributed by atoms with van der Waals surface area (Å²) < 4.78 is 5.98. The Kier molecular flexibility index (Phi) is 12.7. The number of rotatable bonds is 15. The molecule has 0 aromatic heterocycles. The first kappa shape index (κ1) is 33.7. The first-order chi connectivity index (χ1) is 20.7. The molecule has 4 heteroatoms. The highest BCUT2D eigenvalue weighted by Gasteiger charge is 2.49. The largest absolute Gasteiger partial charge is 0.459 e. The molecule has 43 heavy (non-hydrogen) atoms. The second-order valence-corrected chi connectivity index (χ2v) is 18.4. The van der Waals surface area contributed by atoms with Crippen LogP contribution in [0.2, 0.25) is 5.04 Å². The minimum atomic E-state index is -3.11. The Morgan fingerprint density at radius 2 is 1.26 bits per heavy atom. The quantitative estimate of drug-likeness (QED) is 0.0957. The second-order valence-electron chi connectivity index (χ2n) is 14.4. The molecule has 3 nitrogen and oxygen atoms in total. The molecule has 236 valence electrons. The smallest absolute Gasteiger partial charge is 0.333 e. The summed E-state index contributed by atoms with van der Waals surface area (Å²) in [7, 11) is -3.11. The van der Waals surface area contributed by atoms with Gasteiger partial charge in [-0.05, 0) is 71.7 Å². The number of benzene rings is 2. The van der Waals surface area contributed by atoms with Crippen molar-refractivity contribution in [2.75, 3.05) is 0 Å². The van der Waals surface area contributed by atoms with Crippen molar-refractivity contribution in [3.05, 3.63) is 72.8 Å². The number of ether oxygens (including phenoxy) is 1. The van der Waals surface area contributed by atoms with Crippen LogP contribution < -0.4 is 10.4 Å². The zero-order valence-corrected chi connectivity index (χ0v) is 28.4. The van der Waals surface area contributed by atoms with Gasteiger partial charge >= 0.3 is 5.97 Å². The normalized spacial score (nSPS) is 23.1. The number of hydrogen-bond donors (Lipinski definition) is 1. The molecule has 0 spiro atoms. The van der Waals surface area contributed by atoms with Crippen LogP contribution in [0, 0.1) is 17.8 Å². The van der Waals surface area contributed by atoms with Crippen molar-refractivity contribution in [1.29, 1.82) is 0 Å². The molecule has 0 aliphatic heterocycles. The zero-order chi connectivity index (χ0) is 30.7. The Hall–Kier alpha value is -2.17. The van der Waals surface area contributed by atoms with Gasteiger partial charge in [-0.25, -0.2) is 4.79 Å². The fourth-order valence-corrected chi connectivity index (χ4v) is 11.5. The van der Waals surface area contributed by atoms with E-state index in [0.717, 1.165) is 41.0 Å². The number of hydrogen-bond acceptors (Lipinski definition) is 3. The fraction of sp³-hybridized carbons (Fsp3) is 0.615. The molecule has 0 amide bonds. The lowest BCUT2D eigenvalue weighted by molar-refractivity contribution is -0.146. The molecule has 2 aliphatic rings. The van der Waals surface area contributed by atoms with Gasteiger partial charge in [0.05, 0.1) is 0 Å². The number of esters is 1. The van der Waals surface area contributed by atoms with Gasteiger partial charge in [0, 0.05) is 5.57 Å². The summed E-state index contributed by atoms with van der Waals surface area (Å²) in [5, 5.41) is 1.57. The molecule has 2 aromatic carbocycles. The van der Waals surface area contributed by atoms with Crippen LogP contribution in [0.5, 0.6) is 0 Å². The number of unbranched alkanes of at least 4 members (excludes halogenated alkanes) is 2. The summed E-state index contributed by atoms with van der Waals surface area (Å²) >= 11 is 0. The predicted octanol–water partition coefficient (Wildman–Crippen LogP) is 9.12. The number of carbonyl (C=O) groups is 1. The summed E-state index contributed by atoms with van der Waals surface area (Å²) in [5.41, 5.74) is 0.526. The molecule has 0 heterocycles. The molecule has 2 aromatic rings. The Balaban J connectivity index is 1.20. The van der Waals surface area contributed by atoms with Crippen molar-refractivity contribution >= 4 is 24.7 Å². The molecular formula is C39H58O3Si. The van der Waals surface area contributed by atoms with E-state index >= 15 is 0 Å². The van der Waals surface area contributed by atoms with Crippen molar-refractivity contribution in [3.63, 3.8) is 0 Å². The number of carbonyl (C=O) groups excluding carboxylic acids is 1. The molecule has 0 bridgehead atoms. The lowest BCUT2D eigenvalue weighted by Crippen LogP contribution is -2.65. The molecule has 0 unspecified atom stereocenters. The molecule has 0 radical (unpaired) electrons. The van der Waals surface area contributed by atoms with Crippen LogP contribution in [0.3, 0.4) is 0 Å². The summed E-state index contributed by atoms with van der Waals surface area (Å²) in [5.74, 6) is 2.48. The van der Waals surface area contributed by atoms with Crippen molar-refractivity contribution < 1.29 is 14.3 Å². The standard InChI is InChI=1S/C39H58O3Si/c1-5-6-9-14-32-19-21-33(22-20-32)23-24-34-25-27-35(28-26-34)42-38(40)31(2)29-30-39(3,4)43(41,36-15-10-7-11-16-36)37-17-12-8-13-18-37/h7-8,10-13,15-18,32-35,41H,2,5-6,9,14,19-30H2,1,3-4H3. The minimum Gasteiger partial charge on any atom is -0.459 e. The van der Waals surface area contributed by atoms with Crippen LogP contribution in [0.4, 0.5) is 0 Å². The molecule has 0 atom stereocenters. The Morgan fingerprint density at radius 3 is 1.74 bits per heavy atom. The Morgan fingerprint density at radius 1 is 0.791 bits per heavy atom. The maximum atomic E-state index is 13.1. The molecule has 2 saturated carbocycles. The molecule has 4 rings (SSSR count). The molecular weight excluding hydrogens is 545 g/mol. The van der Waals surface area contributed by atoms with Crippen molar-refractivity contribution in [2.24, 2.45) is 17.8 Å². The van der Waals surface area contributed by atoms with Crippen LogP contribution in [-0.4, -0.2) is 25.2 Å². The topological polar surface area (TPSA) is 46.5 Å². The lowest BCUT2D eigenvalue weighted by atomic mass is 9.76. The van der Waals surface area contributed by atoms with Crippen LogP contribution in [0.15, 0.2) is 72.8 Å². The van der Waals surface area contributed by atoms with E-state index in [1.165, 1.54) is 77.0 Å². The maximum absolute atomic E-state index is 13.1. The van der Waals surface area contributed by atoms with E-state index in [2.05, 4.69) is 27.4 Å². The SMILES string of the molecule is C=C(CCC(C)(C)[Si](O)(c1ccccc1)c1ccccc1)C(=O)OC1CCC(CCC2CCC(CCCCC)CC2)CC1. The zero-order valence-electron chi connectivity index (χ0n) is 27.4. The van der Waals surface area contributed by atoms with Crippen molar-refractivity contribution in [2.45, 2.75) is 135 Å². The third-order valence-electron chi connectivity index (χ3n) is 10.9. The van der Waals surface area contributed by atoms with Crippen LogP contribution in [0.25, 0.3) is 0 Å². The fourth-order valence-electron chi connectivity index (χ4n) is 7.79. The van der Waals surface area contributed by atoms with E-state index in [0.29, 0.717) is 18.4 Å². The van der Waals surface area contributed by atoms with E-state index < -0.39 is 13.4 Å². The van der Waals surface area contributed by atoms with E-state index in [-0.39, 0.29) is 12.1 Å². The summed E-state index contributed by atoms with van der Waals surface area (Å²) in [6.07, 6.45) is 19.7. The highest BCUT2D eigenvalue weighted by molar-refractivity contribution is 6.98. The van der Waals surface area contributed by atoms with Gasteiger partial charge in [-0.1, -0.05) is 152 Å². The van der Waals surface area contributed by atoms with Crippen LogP contribution >= 0.6 is 0 Å². The van der Waals surface area contributed by atoms with E-state index in [9.17, 15) is 9.59 Å². The molecule has 0 saturated heterocycles. The summed E-state index contributed by atoms with van der Waals surface area (Å²) in [6, 6.07) is 20.1. The highest BCUT2D eigenvalue weighted by Crippen LogP contribution is 2.41. The average Bonchev–Trinajstić information content (AvgIpc) is 3.04. The van der Waals surface area contributed by atoms with Crippen LogP contribution in [0.1, 0.15) is 124 Å².